The molecule has 2 aromatic rings. The van der Waals surface area contributed by atoms with Crippen molar-refractivity contribution >= 4 is 22.6 Å². The smallest absolute Gasteiger partial charge is 0.340 e. The van der Waals surface area contributed by atoms with Gasteiger partial charge in [0.05, 0.1) is 24.4 Å². The first-order valence-electron chi connectivity index (χ1n) is 7.65. The Hall–Kier alpha value is -2.08. The van der Waals surface area contributed by atoms with Gasteiger partial charge in [-0.15, -0.1) is 0 Å². The number of likely N-dealkylation sites (N-methyl/N-ethyl adjacent to an activating group) is 1. The van der Waals surface area contributed by atoms with E-state index in [1.54, 1.807) is 6.20 Å². The van der Waals surface area contributed by atoms with E-state index in [4.69, 9.17) is 4.74 Å². The Bertz CT molecular complexity index is 682. The van der Waals surface area contributed by atoms with E-state index in [1.807, 2.05) is 12.1 Å². The molecule has 0 bridgehead atoms. The predicted molar refractivity (Wildman–Crippen MR) is 86.4 cm³/mol. The van der Waals surface area contributed by atoms with Crippen LogP contribution in [0.5, 0.6) is 0 Å². The van der Waals surface area contributed by atoms with Crippen molar-refractivity contribution in [3.63, 3.8) is 0 Å². The van der Waals surface area contributed by atoms with Gasteiger partial charge in [-0.2, -0.15) is 5.10 Å². The van der Waals surface area contributed by atoms with Gasteiger partial charge in [0.25, 0.3) is 0 Å². The van der Waals surface area contributed by atoms with Crippen LogP contribution in [0.2, 0.25) is 0 Å². The minimum absolute atomic E-state index is 0.341. The molecule has 6 nitrogen and oxygen atoms in total. The summed E-state index contributed by atoms with van der Waals surface area (Å²) in [7, 11) is 3.56. The number of anilines is 1. The van der Waals surface area contributed by atoms with Crippen LogP contribution in [-0.4, -0.2) is 60.9 Å². The molecule has 0 radical (unpaired) electrons. The molecule has 0 amide bonds. The number of esters is 1. The molecule has 0 saturated carbocycles. The molecular formula is C16H22N4O2. The Balaban J connectivity index is 2.05. The van der Waals surface area contributed by atoms with Crippen LogP contribution >= 0.6 is 0 Å². The molecule has 1 aromatic carbocycles. The first kappa shape index (κ1) is 14.8. The lowest BCUT2D eigenvalue weighted by molar-refractivity contribution is 0.0603. The maximum absolute atomic E-state index is 11.9. The Morgan fingerprint density at radius 1 is 1.45 bits per heavy atom. The van der Waals surface area contributed by atoms with E-state index in [0.717, 1.165) is 42.6 Å². The molecule has 0 aliphatic carbocycles. The second kappa shape index (κ2) is 5.96. The fraction of sp³-hybridized carbons (Fsp3) is 0.500. The number of benzene rings is 1. The van der Waals surface area contributed by atoms with Crippen LogP contribution in [-0.2, 0) is 4.74 Å². The first-order chi connectivity index (χ1) is 10.7. The first-order valence-corrected chi connectivity index (χ1v) is 7.65. The number of aromatic amines is 1. The minimum Gasteiger partial charge on any atom is -0.465 e. The highest BCUT2D eigenvalue weighted by molar-refractivity contribution is 6.06. The number of aromatic nitrogens is 2. The number of carbonyl (C=O) groups excluding carboxylic acids is 1. The van der Waals surface area contributed by atoms with Crippen LogP contribution < -0.4 is 4.90 Å². The minimum atomic E-state index is -0.341. The lowest BCUT2D eigenvalue weighted by Crippen LogP contribution is -2.51. The van der Waals surface area contributed by atoms with Gasteiger partial charge in [-0.25, -0.2) is 4.79 Å². The van der Waals surface area contributed by atoms with Crippen molar-refractivity contribution in [2.75, 3.05) is 38.7 Å². The maximum Gasteiger partial charge on any atom is 0.340 e. The van der Waals surface area contributed by atoms with E-state index in [9.17, 15) is 4.79 Å². The van der Waals surface area contributed by atoms with Gasteiger partial charge < -0.3 is 14.5 Å². The van der Waals surface area contributed by atoms with Gasteiger partial charge in [0, 0.05) is 36.7 Å². The maximum atomic E-state index is 11.9. The summed E-state index contributed by atoms with van der Waals surface area (Å²) in [6.45, 7) is 5.28. The average Bonchev–Trinajstić information content (AvgIpc) is 3.03. The molecule has 6 heteroatoms. The monoisotopic (exact) mass is 302 g/mol. The summed E-state index contributed by atoms with van der Waals surface area (Å²) in [6.07, 6.45) is 2.88. The molecule has 3 rings (SSSR count). The number of fused-ring (bicyclic) bond motifs is 1. The summed E-state index contributed by atoms with van der Waals surface area (Å²) in [5.74, 6) is -0.341. The molecule has 1 fully saturated rings. The van der Waals surface area contributed by atoms with Crippen molar-refractivity contribution in [1.82, 2.24) is 15.1 Å². The molecule has 1 saturated heterocycles. The lowest BCUT2D eigenvalue weighted by atomic mass is 10.0. The molecule has 1 aliphatic rings. The largest absolute Gasteiger partial charge is 0.465 e. The van der Waals surface area contributed by atoms with Gasteiger partial charge in [-0.1, -0.05) is 6.92 Å². The number of rotatable bonds is 3. The summed E-state index contributed by atoms with van der Waals surface area (Å²) >= 11 is 0. The highest BCUT2D eigenvalue weighted by atomic mass is 16.5. The van der Waals surface area contributed by atoms with Crippen LogP contribution in [0.25, 0.3) is 10.9 Å². The fourth-order valence-corrected chi connectivity index (χ4v) is 3.23. The van der Waals surface area contributed by atoms with Crippen molar-refractivity contribution in [2.24, 2.45) is 0 Å². The summed E-state index contributed by atoms with van der Waals surface area (Å²) in [4.78, 5) is 16.7. The molecule has 1 atom stereocenters. The Kier molecular flexibility index (Phi) is 4.02. The van der Waals surface area contributed by atoms with Crippen LogP contribution in [0.4, 0.5) is 5.69 Å². The number of hydrogen-bond acceptors (Lipinski definition) is 5. The van der Waals surface area contributed by atoms with Crippen molar-refractivity contribution in [3.05, 3.63) is 23.9 Å². The number of carbonyl (C=O) groups is 1. The predicted octanol–water partition coefficient (Wildman–Crippen LogP) is 1.88. The van der Waals surface area contributed by atoms with Gasteiger partial charge in [0.15, 0.2) is 0 Å². The quantitative estimate of drug-likeness (QED) is 0.877. The van der Waals surface area contributed by atoms with Crippen molar-refractivity contribution in [2.45, 2.75) is 19.4 Å². The van der Waals surface area contributed by atoms with Crippen molar-refractivity contribution in [1.29, 1.82) is 0 Å². The summed E-state index contributed by atoms with van der Waals surface area (Å²) in [5, 5.41) is 8.04. The topological polar surface area (TPSA) is 61.5 Å². The van der Waals surface area contributed by atoms with Crippen LogP contribution in [0.3, 0.4) is 0 Å². The molecule has 118 valence electrons. The third-order valence-electron chi connectivity index (χ3n) is 4.46. The lowest BCUT2D eigenvalue weighted by Gasteiger charge is -2.41. The number of methoxy groups -OCH3 is 1. The van der Waals surface area contributed by atoms with Crippen LogP contribution in [0, 0.1) is 0 Å². The normalized spacial score (nSPS) is 19.6. The highest BCUT2D eigenvalue weighted by Crippen LogP contribution is 2.31. The molecule has 2 heterocycles. The zero-order valence-corrected chi connectivity index (χ0v) is 13.3. The summed E-state index contributed by atoms with van der Waals surface area (Å²) < 4.78 is 4.85. The molecule has 0 spiro atoms. The Morgan fingerprint density at radius 2 is 2.27 bits per heavy atom. The average molecular weight is 302 g/mol. The Morgan fingerprint density at radius 3 is 3.00 bits per heavy atom. The van der Waals surface area contributed by atoms with Gasteiger partial charge >= 0.3 is 5.97 Å². The summed E-state index contributed by atoms with van der Waals surface area (Å²) in [5.41, 5.74) is 2.41. The zero-order chi connectivity index (χ0) is 15.7. The highest BCUT2D eigenvalue weighted by Gasteiger charge is 2.26. The molecule has 1 N–H and O–H groups in total. The van der Waals surface area contributed by atoms with E-state index in [2.05, 4.69) is 34.0 Å². The second-order valence-corrected chi connectivity index (χ2v) is 5.80. The molecule has 1 unspecified atom stereocenters. The number of hydrogen-bond donors (Lipinski definition) is 1. The van der Waals surface area contributed by atoms with E-state index >= 15 is 0 Å². The SMILES string of the molecule is CCC1CN(C)CCN1c1ccc(C(=O)OC)c2[nH]ncc12. The number of H-pyrrole nitrogens is 1. The summed E-state index contributed by atoms with van der Waals surface area (Å²) in [6, 6.07) is 4.31. The Labute approximate surface area is 130 Å². The van der Waals surface area contributed by atoms with Gasteiger partial charge in [-0.05, 0) is 25.6 Å². The number of nitrogens with one attached hydrogen (secondary N) is 1. The van der Waals surface area contributed by atoms with Gasteiger partial charge in [-0.3, -0.25) is 5.10 Å². The van der Waals surface area contributed by atoms with E-state index in [0.29, 0.717) is 11.6 Å². The molecular weight excluding hydrogens is 280 g/mol. The third kappa shape index (κ3) is 2.43. The third-order valence-corrected chi connectivity index (χ3v) is 4.46. The van der Waals surface area contributed by atoms with E-state index < -0.39 is 0 Å². The van der Waals surface area contributed by atoms with Crippen LogP contribution in [0.15, 0.2) is 18.3 Å². The van der Waals surface area contributed by atoms with Gasteiger partial charge in [0.1, 0.15) is 0 Å². The van der Waals surface area contributed by atoms with E-state index in [-0.39, 0.29) is 5.97 Å². The van der Waals surface area contributed by atoms with E-state index in [1.165, 1.54) is 7.11 Å². The molecule has 1 aliphatic heterocycles. The van der Waals surface area contributed by atoms with Crippen LogP contribution in [0.1, 0.15) is 23.7 Å². The number of ether oxygens (including phenoxy) is 1. The molecule has 1 aromatic heterocycles. The zero-order valence-electron chi connectivity index (χ0n) is 13.3. The number of nitrogens with zero attached hydrogens (tertiary/aromatic N) is 3. The van der Waals surface area contributed by atoms with Gasteiger partial charge in [0.2, 0.25) is 0 Å². The number of piperazine rings is 1. The van der Waals surface area contributed by atoms with Crippen molar-refractivity contribution < 1.29 is 9.53 Å². The molecule has 22 heavy (non-hydrogen) atoms. The second-order valence-electron chi connectivity index (χ2n) is 5.80. The standard InChI is InChI=1S/C16H22N4O2/c1-4-11-10-19(2)7-8-20(11)14-6-5-12(16(21)22-3)15-13(14)9-17-18-15/h5-6,9,11H,4,7-8,10H2,1-3H3,(H,17,18). The fourth-order valence-electron chi connectivity index (χ4n) is 3.23. The van der Waals surface area contributed by atoms with Crippen molar-refractivity contribution in [3.8, 4) is 0 Å².